The molecule has 3 unspecified atom stereocenters. The molecule has 0 aromatic heterocycles. The Balaban J connectivity index is 1.28. The molecule has 2 fully saturated rings. The molecule has 3 atom stereocenters. The molecular formula is C24H26N2O7S. The summed E-state index contributed by atoms with van der Waals surface area (Å²) in [5, 5.41) is 2.92. The molecule has 10 heteroatoms. The summed E-state index contributed by atoms with van der Waals surface area (Å²) in [4.78, 5) is 13.5. The zero-order chi connectivity index (χ0) is 23.3. The van der Waals surface area contributed by atoms with E-state index < -0.39 is 16.1 Å². The molecule has 9 nitrogen and oxygen atoms in total. The van der Waals surface area contributed by atoms with Crippen molar-refractivity contribution < 1.29 is 32.2 Å². The monoisotopic (exact) mass is 486 g/mol. The van der Waals surface area contributed by atoms with Crippen LogP contribution < -0.4 is 24.3 Å². The Hall–Kier alpha value is -2.98. The van der Waals surface area contributed by atoms with Crippen molar-refractivity contribution >= 4 is 21.6 Å². The average molecular weight is 487 g/mol. The number of amides is 1. The molecule has 4 aliphatic rings. The number of ether oxygens (including phenoxy) is 4. The van der Waals surface area contributed by atoms with E-state index in [2.05, 4.69) is 5.32 Å². The highest BCUT2D eigenvalue weighted by Gasteiger charge is 2.54. The summed E-state index contributed by atoms with van der Waals surface area (Å²) in [6.07, 6.45) is 3.05. The molecule has 0 radical (unpaired) electrons. The first-order chi connectivity index (χ1) is 16.5. The van der Waals surface area contributed by atoms with Crippen molar-refractivity contribution in [3.05, 3.63) is 36.4 Å². The third kappa shape index (κ3) is 3.65. The molecule has 1 amide bonds. The van der Waals surface area contributed by atoms with Crippen LogP contribution in [0.1, 0.15) is 25.7 Å². The van der Waals surface area contributed by atoms with E-state index >= 15 is 0 Å². The molecule has 2 aromatic carbocycles. The number of piperidine rings is 1. The second-order valence-corrected chi connectivity index (χ2v) is 10.9. The highest BCUT2D eigenvalue weighted by atomic mass is 32.2. The maximum absolute atomic E-state index is 13.7. The van der Waals surface area contributed by atoms with Crippen LogP contribution in [0, 0.1) is 5.92 Å². The lowest BCUT2D eigenvalue weighted by Crippen LogP contribution is -2.50. The summed E-state index contributed by atoms with van der Waals surface area (Å²) in [5.41, 5.74) is 0.550. The highest BCUT2D eigenvalue weighted by molar-refractivity contribution is 7.89. The van der Waals surface area contributed by atoms with Gasteiger partial charge in [-0.05, 0) is 49.4 Å². The Morgan fingerprint density at radius 2 is 1.53 bits per heavy atom. The van der Waals surface area contributed by atoms with Gasteiger partial charge in [0.2, 0.25) is 15.9 Å². The van der Waals surface area contributed by atoms with Gasteiger partial charge in [0.15, 0.2) is 23.0 Å². The van der Waals surface area contributed by atoms with Crippen molar-refractivity contribution in [2.24, 2.45) is 5.92 Å². The van der Waals surface area contributed by atoms with Gasteiger partial charge in [0.05, 0.1) is 18.1 Å². The molecule has 0 spiro atoms. The van der Waals surface area contributed by atoms with Crippen molar-refractivity contribution in [3.63, 3.8) is 0 Å². The van der Waals surface area contributed by atoms with Crippen molar-refractivity contribution in [1.29, 1.82) is 0 Å². The van der Waals surface area contributed by atoms with E-state index in [9.17, 15) is 13.2 Å². The van der Waals surface area contributed by atoms with E-state index in [1.165, 1.54) is 16.4 Å². The van der Waals surface area contributed by atoms with Gasteiger partial charge in [-0.1, -0.05) is 0 Å². The molecule has 1 aliphatic carbocycles. The normalized spacial score (nSPS) is 25.6. The molecule has 1 N–H and O–H groups in total. The number of nitrogens with one attached hydrogen (secondary N) is 1. The van der Waals surface area contributed by atoms with Gasteiger partial charge in [-0.15, -0.1) is 0 Å². The number of nitrogens with zero attached hydrogens (tertiary/aromatic N) is 1. The summed E-state index contributed by atoms with van der Waals surface area (Å²) in [6.45, 7) is 1.91. The molecule has 6 rings (SSSR count). The quantitative estimate of drug-likeness (QED) is 0.709. The molecule has 34 heavy (non-hydrogen) atoms. The number of rotatable bonds is 4. The van der Waals surface area contributed by atoms with Gasteiger partial charge in [-0.2, -0.15) is 4.31 Å². The van der Waals surface area contributed by atoms with Crippen LogP contribution in [0.2, 0.25) is 0 Å². The largest absolute Gasteiger partial charge is 0.490 e. The van der Waals surface area contributed by atoms with Crippen LogP contribution in [0.4, 0.5) is 5.69 Å². The standard InChI is InChI=1S/C24H26N2O7S/c27-24(25-16-3-6-19-21(13-16)31-9-1-8-30-19)23-15-2-4-17(12-15)26(23)34(28,29)18-5-7-20-22(14-18)33-11-10-32-20/h3,5-7,13-15,17,23H,1-2,4,8-12H2,(H,25,27). The highest BCUT2D eigenvalue weighted by Crippen LogP contribution is 2.46. The fourth-order valence-electron chi connectivity index (χ4n) is 5.38. The molecular weight excluding hydrogens is 460 g/mol. The number of carbonyl (C=O) groups is 1. The van der Waals surface area contributed by atoms with Gasteiger partial charge in [0.25, 0.3) is 0 Å². The van der Waals surface area contributed by atoms with Crippen molar-refractivity contribution in [2.75, 3.05) is 31.7 Å². The molecule has 180 valence electrons. The molecule has 3 heterocycles. The number of sulfonamides is 1. The third-order valence-electron chi connectivity index (χ3n) is 6.90. The first kappa shape index (κ1) is 21.5. The van der Waals surface area contributed by atoms with Crippen molar-refractivity contribution in [2.45, 2.75) is 42.7 Å². The predicted octanol–water partition coefficient (Wildman–Crippen LogP) is 2.80. The second kappa shape index (κ2) is 8.35. The summed E-state index contributed by atoms with van der Waals surface area (Å²) in [7, 11) is -3.92. The minimum Gasteiger partial charge on any atom is -0.490 e. The SMILES string of the molecule is O=C(Nc1ccc2c(c1)OCCCO2)C1C2CCC(C2)N1S(=O)(=O)c1ccc2c(c1)OCCO2. The van der Waals surface area contributed by atoms with Crippen LogP contribution in [0.15, 0.2) is 41.3 Å². The predicted molar refractivity (Wildman–Crippen MR) is 122 cm³/mol. The summed E-state index contributed by atoms with van der Waals surface area (Å²) < 4.78 is 51.3. The van der Waals surface area contributed by atoms with Gasteiger partial charge in [0.1, 0.15) is 19.3 Å². The van der Waals surface area contributed by atoms with E-state index in [4.69, 9.17) is 18.9 Å². The van der Waals surface area contributed by atoms with Gasteiger partial charge in [-0.25, -0.2) is 8.42 Å². The first-order valence-electron chi connectivity index (χ1n) is 11.6. The summed E-state index contributed by atoms with van der Waals surface area (Å²) in [6, 6.07) is 8.91. The smallest absolute Gasteiger partial charge is 0.244 e. The van der Waals surface area contributed by atoms with Gasteiger partial charge >= 0.3 is 0 Å². The van der Waals surface area contributed by atoms with Crippen LogP contribution in [0.3, 0.4) is 0 Å². The van der Waals surface area contributed by atoms with E-state index in [1.807, 2.05) is 0 Å². The zero-order valence-electron chi connectivity index (χ0n) is 18.6. The van der Waals surface area contributed by atoms with Gasteiger partial charge in [-0.3, -0.25) is 4.79 Å². The van der Waals surface area contributed by atoms with E-state index in [-0.39, 0.29) is 22.8 Å². The number of benzene rings is 2. The number of anilines is 1. The number of hydrogen-bond donors (Lipinski definition) is 1. The number of fused-ring (bicyclic) bond motifs is 4. The Morgan fingerprint density at radius 1 is 0.853 bits per heavy atom. The maximum atomic E-state index is 13.7. The van der Waals surface area contributed by atoms with Crippen LogP contribution in [-0.2, 0) is 14.8 Å². The lowest BCUT2D eigenvalue weighted by Gasteiger charge is -2.33. The minimum absolute atomic E-state index is 0.0163. The second-order valence-electron chi connectivity index (χ2n) is 9.01. The fraction of sp³-hybridized carbons (Fsp3) is 0.458. The van der Waals surface area contributed by atoms with Gasteiger partial charge in [0, 0.05) is 30.3 Å². The Bertz CT molecular complexity index is 1230. The third-order valence-corrected chi connectivity index (χ3v) is 8.83. The topological polar surface area (TPSA) is 103 Å². The summed E-state index contributed by atoms with van der Waals surface area (Å²) in [5.74, 6) is 1.80. The first-order valence-corrected chi connectivity index (χ1v) is 13.1. The molecule has 3 aliphatic heterocycles. The van der Waals surface area contributed by atoms with Crippen LogP contribution in [0.25, 0.3) is 0 Å². The Labute approximate surface area is 198 Å². The van der Waals surface area contributed by atoms with Crippen LogP contribution >= 0.6 is 0 Å². The van der Waals surface area contributed by atoms with Gasteiger partial charge < -0.3 is 24.3 Å². The molecule has 1 saturated heterocycles. The van der Waals surface area contributed by atoms with E-state index in [0.717, 1.165) is 19.3 Å². The molecule has 1 saturated carbocycles. The van der Waals surface area contributed by atoms with E-state index in [1.54, 1.807) is 24.3 Å². The zero-order valence-corrected chi connectivity index (χ0v) is 19.4. The fourth-order valence-corrected chi connectivity index (χ4v) is 7.27. The van der Waals surface area contributed by atoms with Crippen LogP contribution in [-0.4, -0.2) is 57.1 Å². The van der Waals surface area contributed by atoms with Crippen molar-refractivity contribution in [1.82, 2.24) is 4.31 Å². The molecule has 2 bridgehead atoms. The lowest BCUT2D eigenvalue weighted by molar-refractivity contribution is -0.120. The average Bonchev–Trinajstić information content (AvgIpc) is 3.39. The van der Waals surface area contributed by atoms with E-state index in [0.29, 0.717) is 61.5 Å². The van der Waals surface area contributed by atoms with Crippen LogP contribution in [0.5, 0.6) is 23.0 Å². The Kier molecular flexibility index (Phi) is 5.29. The Morgan fingerprint density at radius 3 is 2.35 bits per heavy atom. The van der Waals surface area contributed by atoms with Crippen molar-refractivity contribution in [3.8, 4) is 23.0 Å². The summed E-state index contributed by atoms with van der Waals surface area (Å²) >= 11 is 0. The number of hydrogen-bond acceptors (Lipinski definition) is 7. The molecule has 2 aromatic rings. The minimum atomic E-state index is -3.92. The lowest BCUT2D eigenvalue weighted by atomic mass is 9.99. The maximum Gasteiger partial charge on any atom is 0.244 e. The number of carbonyl (C=O) groups excluding carboxylic acids is 1.